The largest absolute Gasteiger partial charge is 0.508 e. The minimum atomic E-state index is -0.212. The molecule has 1 atom stereocenters. The van der Waals surface area contributed by atoms with E-state index in [4.69, 9.17) is 10.8 Å². The van der Waals surface area contributed by atoms with Crippen LogP contribution < -0.4 is 5.73 Å². The number of aliphatic hydroxyl groups is 1. The SMILES string of the molecule is C[C@H](N)c1cc(CO)ccc1O. The van der Waals surface area contributed by atoms with Crippen molar-refractivity contribution in [2.45, 2.75) is 19.6 Å². The molecular weight excluding hydrogens is 154 g/mol. The average molecular weight is 167 g/mol. The van der Waals surface area contributed by atoms with Gasteiger partial charge in [0.1, 0.15) is 5.75 Å². The normalized spacial score (nSPS) is 12.9. The topological polar surface area (TPSA) is 66.5 Å². The third-order valence-corrected chi connectivity index (χ3v) is 1.77. The Morgan fingerprint density at radius 3 is 2.67 bits per heavy atom. The van der Waals surface area contributed by atoms with E-state index in [9.17, 15) is 5.11 Å². The lowest BCUT2D eigenvalue weighted by atomic mass is 10.1. The van der Waals surface area contributed by atoms with Crippen molar-refractivity contribution in [3.05, 3.63) is 29.3 Å². The number of hydrogen-bond acceptors (Lipinski definition) is 3. The minimum absolute atomic E-state index is 0.0278. The maximum absolute atomic E-state index is 9.34. The number of aliphatic hydroxyl groups excluding tert-OH is 1. The summed E-state index contributed by atoms with van der Waals surface area (Å²) in [6, 6.07) is 4.71. The number of nitrogens with two attached hydrogens (primary N) is 1. The summed E-state index contributed by atoms with van der Waals surface area (Å²) in [6.07, 6.45) is 0. The predicted molar refractivity (Wildman–Crippen MR) is 46.6 cm³/mol. The van der Waals surface area contributed by atoms with E-state index in [1.54, 1.807) is 25.1 Å². The molecular formula is C9H13NO2. The number of rotatable bonds is 2. The lowest BCUT2D eigenvalue weighted by molar-refractivity contribution is 0.281. The van der Waals surface area contributed by atoms with Gasteiger partial charge in [0, 0.05) is 11.6 Å². The van der Waals surface area contributed by atoms with Crippen LogP contribution in [-0.4, -0.2) is 10.2 Å². The molecule has 1 rings (SSSR count). The summed E-state index contributed by atoms with van der Waals surface area (Å²) >= 11 is 0. The fourth-order valence-corrected chi connectivity index (χ4v) is 1.07. The highest BCUT2D eigenvalue weighted by atomic mass is 16.3. The molecule has 0 fully saturated rings. The minimum Gasteiger partial charge on any atom is -0.508 e. The molecule has 0 bridgehead atoms. The second-order valence-corrected chi connectivity index (χ2v) is 2.84. The standard InChI is InChI=1S/C9H13NO2/c1-6(10)8-4-7(5-11)2-3-9(8)12/h2-4,6,11-12H,5,10H2,1H3/t6-/m0/s1. The van der Waals surface area contributed by atoms with Gasteiger partial charge in [-0.25, -0.2) is 0 Å². The van der Waals surface area contributed by atoms with E-state index >= 15 is 0 Å². The monoisotopic (exact) mass is 167 g/mol. The smallest absolute Gasteiger partial charge is 0.120 e. The van der Waals surface area contributed by atoms with Gasteiger partial charge < -0.3 is 15.9 Å². The summed E-state index contributed by atoms with van der Waals surface area (Å²) in [7, 11) is 0. The van der Waals surface area contributed by atoms with E-state index < -0.39 is 0 Å². The zero-order valence-corrected chi connectivity index (χ0v) is 6.99. The molecule has 3 nitrogen and oxygen atoms in total. The fourth-order valence-electron chi connectivity index (χ4n) is 1.07. The Balaban J connectivity index is 3.08. The second kappa shape index (κ2) is 3.56. The molecule has 0 spiro atoms. The van der Waals surface area contributed by atoms with Crippen molar-refractivity contribution < 1.29 is 10.2 Å². The highest BCUT2D eigenvalue weighted by Gasteiger charge is 2.05. The summed E-state index contributed by atoms with van der Waals surface area (Å²) in [5.41, 5.74) is 7.03. The Morgan fingerprint density at radius 2 is 2.17 bits per heavy atom. The van der Waals surface area contributed by atoms with Gasteiger partial charge in [-0.05, 0) is 24.6 Å². The first-order valence-corrected chi connectivity index (χ1v) is 3.83. The number of phenolic OH excluding ortho intramolecular Hbond substituents is 1. The van der Waals surface area contributed by atoms with Crippen LogP contribution >= 0.6 is 0 Å². The van der Waals surface area contributed by atoms with E-state index in [1.165, 1.54) is 0 Å². The highest BCUT2D eigenvalue weighted by molar-refractivity contribution is 5.37. The van der Waals surface area contributed by atoms with Crippen LogP contribution in [0.4, 0.5) is 0 Å². The maximum Gasteiger partial charge on any atom is 0.120 e. The molecule has 0 saturated carbocycles. The first-order chi connectivity index (χ1) is 5.65. The zero-order valence-electron chi connectivity index (χ0n) is 6.99. The second-order valence-electron chi connectivity index (χ2n) is 2.84. The molecule has 1 aromatic carbocycles. The van der Waals surface area contributed by atoms with E-state index in [0.717, 1.165) is 5.56 Å². The van der Waals surface area contributed by atoms with Crippen molar-refractivity contribution in [3.8, 4) is 5.75 Å². The van der Waals surface area contributed by atoms with Crippen LogP contribution in [0.2, 0.25) is 0 Å². The highest BCUT2D eigenvalue weighted by Crippen LogP contribution is 2.23. The van der Waals surface area contributed by atoms with Gasteiger partial charge in [-0.3, -0.25) is 0 Å². The third-order valence-electron chi connectivity index (χ3n) is 1.77. The quantitative estimate of drug-likeness (QED) is 0.613. The molecule has 66 valence electrons. The van der Waals surface area contributed by atoms with E-state index in [0.29, 0.717) is 5.56 Å². The zero-order chi connectivity index (χ0) is 9.14. The Hall–Kier alpha value is -1.06. The predicted octanol–water partition coefficient (Wildman–Crippen LogP) is 0.904. The summed E-state index contributed by atoms with van der Waals surface area (Å²) in [5, 5.41) is 18.2. The van der Waals surface area contributed by atoms with Gasteiger partial charge in [-0.2, -0.15) is 0 Å². The average Bonchev–Trinajstić information content (AvgIpc) is 2.05. The lowest BCUT2D eigenvalue weighted by Crippen LogP contribution is -2.05. The molecule has 0 aromatic heterocycles. The van der Waals surface area contributed by atoms with Crippen molar-refractivity contribution >= 4 is 0 Å². The van der Waals surface area contributed by atoms with Crippen LogP contribution in [0.5, 0.6) is 5.75 Å². The van der Waals surface area contributed by atoms with Gasteiger partial charge in [-0.15, -0.1) is 0 Å². The van der Waals surface area contributed by atoms with Gasteiger partial charge in [-0.1, -0.05) is 6.07 Å². The molecule has 0 unspecified atom stereocenters. The lowest BCUT2D eigenvalue weighted by Gasteiger charge is -2.09. The molecule has 0 amide bonds. The first-order valence-electron chi connectivity index (χ1n) is 3.83. The maximum atomic E-state index is 9.34. The Kier molecular flexibility index (Phi) is 2.68. The van der Waals surface area contributed by atoms with Crippen molar-refractivity contribution in [3.63, 3.8) is 0 Å². The van der Waals surface area contributed by atoms with Gasteiger partial charge in [0.25, 0.3) is 0 Å². The van der Waals surface area contributed by atoms with Crippen LogP contribution in [-0.2, 0) is 6.61 Å². The third kappa shape index (κ3) is 1.75. The van der Waals surface area contributed by atoms with E-state index in [-0.39, 0.29) is 18.4 Å². The van der Waals surface area contributed by atoms with Crippen molar-refractivity contribution in [1.29, 1.82) is 0 Å². The number of benzene rings is 1. The number of hydrogen-bond donors (Lipinski definition) is 3. The van der Waals surface area contributed by atoms with Crippen molar-refractivity contribution in [2.24, 2.45) is 5.73 Å². The van der Waals surface area contributed by atoms with Crippen LogP contribution in [0.3, 0.4) is 0 Å². The molecule has 0 radical (unpaired) electrons. The molecule has 1 aromatic rings. The molecule has 4 N–H and O–H groups in total. The summed E-state index contributed by atoms with van der Waals surface area (Å²) in [4.78, 5) is 0. The van der Waals surface area contributed by atoms with Gasteiger partial charge in [0.2, 0.25) is 0 Å². The van der Waals surface area contributed by atoms with Gasteiger partial charge in [0.05, 0.1) is 6.61 Å². The summed E-state index contributed by atoms with van der Waals surface area (Å²) in [5.74, 6) is 0.183. The first kappa shape index (κ1) is 9.03. The van der Waals surface area contributed by atoms with E-state index in [1.807, 2.05) is 0 Å². The van der Waals surface area contributed by atoms with Crippen LogP contribution in [0.15, 0.2) is 18.2 Å². The molecule has 12 heavy (non-hydrogen) atoms. The summed E-state index contributed by atoms with van der Waals surface area (Å²) < 4.78 is 0. The fraction of sp³-hybridized carbons (Fsp3) is 0.333. The Morgan fingerprint density at radius 1 is 1.50 bits per heavy atom. The molecule has 0 aliphatic carbocycles. The number of phenols is 1. The Bertz CT molecular complexity index is 271. The molecule has 0 aliphatic rings. The molecule has 0 aliphatic heterocycles. The molecule has 0 saturated heterocycles. The molecule has 3 heteroatoms. The van der Waals surface area contributed by atoms with Gasteiger partial charge in [0.15, 0.2) is 0 Å². The summed E-state index contributed by atoms with van der Waals surface area (Å²) in [6.45, 7) is 1.76. The van der Waals surface area contributed by atoms with Crippen LogP contribution in [0.1, 0.15) is 24.1 Å². The van der Waals surface area contributed by atoms with E-state index in [2.05, 4.69) is 0 Å². The Labute approximate surface area is 71.5 Å². The van der Waals surface area contributed by atoms with Crippen molar-refractivity contribution in [2.75, 3.05) is 0 Å². The van der Waals surface area contributed by atoms with Gasteiger partial charge >= 0.3 is 0 Å². The number of aromatic hydroxyl groups is 1. The molecule has 0 heterocycles. The van der Waals surface area contributed by atoms with Crippen LogP contribution in [0.25, 0.3) is 0 Å². The van der Waals surface area contributed by atoms with Crippen molar-refractivity contribution in [1.82, 2.24) is 0 Å². The van der Waals surface area contributed by atoms with Crippen LogP contribution in [0, 0.1) is 0 Å².